The van der Waals surface area contributed by atoms with Crippen molar-refractivity contribution in [1.29, 1.82) is 0 Å². The van der Waals surface area contributed by atoms with E-state index in [0.29, 0.717) is 11.1 Å². The zero-order chi connectivity index (χ0) is 21.4. The van der Waals surface area contributed by atoms with Crippen LogP contribution in [0.5, 0.6) is 0 Å². The van der Waals surface area contributed by atoms with E-state index in [9.17, 15) is 0 Å². The zero-order valence-electron chi connectivity index (χ0n) is 18.8. The average Bonchev–Trinajstić information content (AvgIpc) is 2.70. The van der Waals surface area contributed by atoms with Crippen molar-refractivity contribution >= 4 is 19.3 Å². The molecule has 2 aromatic rings. The molecular formula is C26H36O2Si. The van der Waals surface area contributed by atoms with Crippen LogP contribution in [0.3, 0.4) is 0 Å². The molecule has 0 heterocycles. The Balaban J connectivity index is 2.44. The van der Waals surface area contributed by atoms with Crippen LogP contribution in [0, 0.1) is 0 Å². The quantitative estimate of drug-likeness (QED) is 0.294. The van der Waals surface area contributed by atoms with Crippen LogP contribution in [-0.2, 0) is 8.85 Å². The minimum atomic E-state index is -2.60. The predicted molar refractivity (Wildman–Crippen MR) is 128 cm³/mol. The Morgan fingerprint density at radius 3 is 1.93 bits per heavy atom. The van der Waals surface area contributed by atoms with Crippen molar-refractivity contribution in [2.45, 2.75) is 64.8 Å². The van der Waals surface area contributed by atoms with Gasteiger partial charge in [-0.3, -0.25) is 0 Å². The molecule has 2 rings (SSSR count). The van der Waals surface area contributed by atoms with Crippen molar-refractivity contribution in [3.05, 3.63) is 85.0 Å². The van der Waals surface area contributed by atoms with Gasteiger partial charge < -0.3 is 8.85 Å². The summed E-state index contributed by atoms with van der Waals surface area (Å²) in [7, 11) is -2.60. The maximum absolute atomic E-state index is 6.90. The summed E-state index contributed by atoms with van der Waals surface area (Å²) in [5, 5.41) is 2.44. The Hall–Kier alpha value is -1.94. The van der Waals surface area contributed by atoms with E-state index in [1.807, 2.05) is 32.1 Å². The van der Waals surface area contributed by atoms with Gasteiger partial charge in [-0.05, 0) is 47.3 Å². The Morgan fingerprint density at radius 2 is 1.41 bits per heavy atom. The molecule has 2 unspecified atom stereocenters. The standard InChI is InChI=1S/C26H36O2Si/c1-8-13-25(14-9-2)27-29(20(4)5,21(6)7)28-26(10-3)24-18-17-22-15-11-12-16-23(22)19-24/h8-21,25-26H,3H2,1-2,4-7H3/b13-8-,14-9+. The van der Waals surface area contributed by atoms with Gasteiger partial charge in [-0.15, -0.1) is 6.58 Å². The molecule has 3 heteroatoms. The Morgan fingerprint density at radius 1 is 0.828 bits per heavy atom. The summed E-state index contributed by atoms with van der Waals surface area (Å²) in [4.78, 5) is 0. The molecule has 2 aromatic carbocycles. The van der Waals surface area contributed by atoms with Crippen molar-refractivity contribution in [1.82, 2.24) is 0 Å². The SMILES string of the molecule is C=CC(O[Si](OC(/C=C\C)/C=C/C)(C(C)C)C(C)C)c1ccc2ccccc2c1. The van der Waals surface area contributed by atoms with E-state index in [1.54, 1.807) is 0 Å². The molecule has 0 aliphatic heterocycles. The highest BCUT2D eigenvalue weighted by atomic mass is 28.4. The fourth-order valence-corrected chi connectivity index (χ4v) is 7.50. The molecule has 0 aromatic heterocycles. The summed E-state index contributed by atoms with van der Waals surface area (Å²) >= 11 is 0. The second kappa shape index (κ2) is 10.7. The lowest BCUT2D eigenvalue weighted by Gasteiger charge is -2.41. The molecule has 0 amide bonds. The largest absolute Gasteiger partial charge is 0.384 e. The van der Waals surface area contributed by atoms with Crippen LogP contribution in [-0.4, -0.2) is 14.7 Å². The average molecular weight is 409 g/mol. The third-order valence-electron chi connectivity index (χ3n) is 5.32. The van der Waals surface area contributed by atoms with E-state index in [0.717, 1.165) is 5.56 Å². The van der Waals surface area contributed by atoms with Crippen molar-refractivity contribution in [2.75, 3.05) is 0 Å². The second-order valence-electron chi connectivity index (χ2n) is 8.05. The normalized spacial score (nSPS) is 15.0. The van der Waals surface area contributed by atoms with Gasteiger partial charge in [-0.25, -0.2) is 0 Å². The maximum atomic E-state index is 6.90. The molecule has 0 radical (unpaired) electrons. The Bertz CT molecular complexity index is 831. The number of fused-ring (bicyclic) bond motifs is 1. The summed E-state index contributed by atoms with van der Waals surface area (Å²) in [6.45, 7) is 17.0. The second-order valence-corrected chi connectivity index (χ2v) is 12.3. The number of allylic oxidation sites excluding steroid dienone is 2. The molecular weight excluding hydrogens is 372 g/mol. The lowest BCUT2D eigenvalue weighted by atomic mass is 10.0. The van der Waals surface area contributed by atoms with Gasteiger partial charge in [0.15, 0.2) is 0 Å². The van der Waals surface area contributed by atoms with Crippen LogP contribution in [0.4, 0.5) is 0 Å². The van der Waals surface area contributed by atoms with Crippen LogP contribution in [0.1, 0.15) is 53.2 Å². The highest BCUT2D eigenvalue weighted by Crippen LogP contribution is 2.40. The summed E-state index contributed by atoms with van der Waals surface area (Å²) in [5.41, 5.74) is 1.71. The lowest BCUT2D eigenvalue weighted by Crippen LogP contribution is -2.50. The first-order chi connectivity index (χ1) is 13.9. The minimum Gasteiger partial charge on any atom is -0.384 e. The van der Waals surface area contributed by atoms with Gasteiger partial charge in [0.1, 0.15) is 0 Å². The van der Waals surface area contributed by atoms with E-state index >= 15 is 0 Å². The van der Waals surface area contributed by atoms with E-state index in [-0.39, 0.29) is 12.2 Å². The third kappa shape index (κ3) is 5.56. The summed E-state index contributed by atoms with van der Waals surface area (Å²) in [5.74, 6) is 0. The van der Waals surface area contributed by atoms with Gasteiger partial charge in [-0.1, -0.05) is 94.5 Å². The topological polar surface area (TPSA) is 18.5 Å². The fraction of sp³-hybridized carbons (Fsp3) is 0.385. The third-order valence-corrected chi connectivity index (χ3v) is 9.80. The number of benzene rings is 2. The monoisotopic (exact) mass is 408 g/mol. The summed E-state index contributed by atoms with van der Waals surface area (Å²) in [6.07, 6.45) is 9.89. The molecule has 0 aliphatic rings. The molecule has 0 N–H and O–H groups in total. The van der Waals surface area contributed by atoms with Gasteiger partial charge in [0.2, 0.25) is 0 Å². The predicted octanol–water partition coefficient (Wildman–Crippen LogP) is 7.88. The molecule has 29 heavy (non-hydrogen) atoms. The van der Waals surface area contributed by atoms with Crippen LogP contribution in [0.25, 0.3) is 10.8 Å². The van der Waals surface area contributed by atoms with Crippen molar-refractivity contribution in [3.63, 3.8) is 0 Å². The fourth-order valence-electron chi connectivity index (χ4n) is 3.81. The smallest absolute Gasteiger partial charge is 0.344 e. The molecule has 0 saturated carbocycles. The molecule has 0 spiro atoms. The molecule has 0 aliphatic carbocycles. The highest BCUT2D eigenvalue weighted by molar-refractivity contribution is 6.70. The zero-order valence-corrected chi connectivity index (χ0v) is 19.8. The van der Waals surface area contributed by atoms with Gasteiger partial charge in [0, 0.05) is 0 Å². The van der Waals surface area contributed by atoms with Crippen LogP contribution >= 0.6 is 0 Å². The van der Waals surface area contributed by atoms with Crippen LogP contribution in [0.15, 0.2) is 79.4 Å². The van der Waals surface area contributed by atoms with E-state index in [1.165, 1.54) is 10.8 Å². The Kier molecular flexibility index (Phi) is 8.63. The van der Waals surface area contributed by atoms with Crippen molar-refractivity contribution in [2.24, 2.45) is 0 Å². The minimum absolute atomic E-state index is 0.0801. The van der Waals surface area contributed by atoms with E-state index in [2.05, 4.69) is 88.9 Å². The van der Waals surface area contributed by atoms with Crippen molar-refractivity contribution < 1.29 is 8.85 Å². The summed E-state index contributed by atoms with van der Waals surface area (Å²) < 4.78 is 13.7. The van der Waals surface area contributed by atoms with Gasteiger partial charge >= 0.3 is 8.56 Å². The first kappa shape index (κ1) is 23.3. The number of hydrogen-bond acceptors (Lipinski definition) is 2. The molecule has 0 bridgehead atoms. The lowest BCUT2D eigenvalue weighted by molar-refractivity contribution is 0.115. The molecule has 0 fully saturated rings. The number of rotatable bonds is 10. The van der Waals surface area contributed by atoms with E-state index in [4.69, 9.17) is 8.85 Å². The summed E-state index contributed by atoms with van der Waals surface area (Å²) in [6, 6.07) is 14.9. The molecule has 0 saturated heterocycles. The first-order valence-corrected chi connectivity index (χ1v) is 12.6. The molecule has 2 nitrogen and oxygen atoms in total. The maximum Gasteiger partial charge on any atom is 0.344 e. The number of hydrogen-bond donors (Lipinski definition) is 0. The molecule has 156 valence electrons. The van der Waals surface area contributed by atoms with E-state index < -0.39 is 8.56 Å². The van der Waals surface area contributed by atoms with Gasteiger partial charge in [0.25, 0.3) is 0 Å². The highest BCUT2D eigenvalue weighted by Gasteiger charge is 2.47. The van der Waals surface area contributed by atoms with Gasteiger partial charge in [0.05, 0.1) is 12.2 Å². The van der Waals surface area contributed by atoms with Crippen LogP contribution in [0.2, 0.25) is 11.1 Å². The molecule has 2 atom stereocenters. The van der Waals surface area contributed by atoms with Crippen LogP contribution < -0.4 is 0 Å². The Labute approximate surface area is 178 Å². The first-order valence-electron chi connectivity index (χ1n) is 10.6. The van der Waals surface area contributed by atoms with Crippen molar-refractivity contribution in [3.8, 4) is 0 Å². The van der Waals surface area contributed by atoms with Gasteiger partial charge in [-0.2, -0.15) is 0 Å².